The van der Waals surface area contributed by atoms with Gasteiger partial charge in [0, 0.05) is 12.1 Å². The standard InChI is InChI=1S/C14H22N2O4S/c1-4-5-6-9-16-14(17)11-7-8-12(20-3)13(10-11)21(18,19)15-2/h7-8,10,15H,4-6,9H2,1-3H3,(H,16,17). The average Bonchev–Trinajstić information content (AvgIpc) is 2.50. The molecule has 0 aromatic heterocycles. The molecule has 0 aliphatic heterocycles. The predicted octanol–water partition coefficient (Wildman–Crippen LogP) is 1.52. The lowest BCUT2D eigenvalue weighted by atomic mass is 10.2. The van der Waals surface area contributed by atoms with Crippen LogP contribution in [0.15, 0.2) is 23.1 Å². The molecule has 21 heavy (non-hydrogen) atoms. The zero-order chi connectivity index (χ0) is 15.9. The minimum Gasteiger partial charge on any atom is -0.495 e. The van der Waals surface area contributed by atoms with Crippen LogP contribution in [-0.2, 0) is 10.0 Å². The fourth-order valence-corrected chi connectivity index (χ4v) is 2.74. The van der Waals surface area contributed by atoms with Crippen LogP contribution in [0.5, 0.6) is 5.75 Å². The van der Waals surface area contributed by atoms with E-state index in [9.17, 15) is 13.2 Å². The number of methoxy groups -OCH3 is 1. The Labute approximate surface area is 125 Å². The largest absolute Gasteiger partial charge is 0.495 e. The first-order chi connectivity index (χ1) is 9.96. The van der Waals surface area contributed by atoms with Crippen LogP contribution in [0.1, 0.15) is 36.5 Å². The summed E-state index contributed by atoms with van der Waals surface area (Å²) < 4.78 is 31.1. The maximum absolute atomic E-state index is 12.0. The molecule has 0 aliphatic rings. The molecule has 0 saturated heterocycles. The Morgan fingerprint density at radius 2 is 2.00 bits per heavy atom. The van der Waals surface area contributed by atoms with E-state index in [1.807, 2.05) is 0 Å². The second kappa shape index (κ2) is 7.99. The van der Waals surface area contributed by atoms with Gasteiger partial charge in [-0.1, -0.05) is 19.8 Å². The summed E-state index contributed by atoms with van der Waals surface area (Å²) in [5.74, 6) is -0.0896. The van der Waals surface area contributed by atoms with Gasteiger partial charge >= 0.3 is 0 Å². The monoisotopic (exact) mass is 314 g/mol. The van der Waals surface area contributed by atoms with Crippen molar-refractivity contribution in [2.45, 2.75) is 31.1 Å². The Morgan fingerprint density at radius 3 is 2.57 bits per heavy atom. The third-order valence-corrected chi connectivity index (χ3v) is 4.49. The molecule has 118 valence electrons. The van der Waals surface area contributed by atoms with Gasteiger partial charge < -0.3 is 10.1 Å². The molecule has 0 unspecified atom stereocenters. The summed E-state index contributed by atoms with van der Waals surface area (Å²) in [5.41, 5.74) is 0.293. The summed E-state index contributed by atoms with van der Waals surface area (Å²) in [6, 6.07) is 4.34. The normalized spacial score (nSPS) is 11.2. The zero-order valence-electron chi connectivity index (χ0n) is 12.6. The molecule has 0 bridgehead atoms. The van der Waals surface area contributed by atoms with Gasteiger partial charge in [0.05, 0.1) is 7.11 Å². The van der Waals surface area contributed by atoms with E-state index in [-0.39, 0.29) is 16.6 Å². The first-order valence-corrected chi connectivity index (χ1v) is 8.34. The second-order valence-corrected chi connectivity index (χ2v) is 6.39. The molecule has 7 heteroatoms. The van der Waals surface area contributed by atoms with Crippen LogP contribution in [0.3, 0.4) is 0 Å². The predicted molar refractivity (Wildman–Crippen MR) is 81.1 cm³/mol. The Bertz CT molecular complexity index is 585. The second-order valence-electron chi connectivity index (χ2n) is 4.54. The lowest BCUT2D eigenvalue weighted by Gasteiger charge is -2.11. The molecule has 0 atom stereocenters. The highest BCUT2D eigenvalue weighted by Gasteiger charge is 2.19. The van der Waals surface area contributed by atoms with Crippen LogP contribution in [0, 0.1) is 0 Å². The minimum absolute atomic E-state index is 0.0475. The van der Waals surface area contributed by atoms with Gasteiger partial charge in [-0.05, 0) is 31.7 Å². The Balaban J connectivity index is 2.95. The van der Waals surface area contributed by atoms with Gasteiger partial charge in [-0.15, -0.1) is 0 Å². The number of nitrogens with one attached hydrogen (secondary N) is 2. The van der Waals surface area contributed by atoms with Gasteiger partial charge in [-0.2, -0.15) is 0 Å². The summed E-state index contributed by atoms with van der Waals surface area (Å²) >= 11 is 0. The first kappa shape index (κ1) is 17.5. The highest BCUT2D eigenvalue weighted by atomic mass is 32.2. The average molecular weight is 314 g/mol. The summed E-state index contributed by atoms with van der Waals surface area (Å²) in [4.78, 5) is 12.0. The number of benzene rings is 1. The van der Waals surface area contributed by atoms with E-state index in [0.29, 0.717) is 12.1 Å². The number of amides is 1. The molecule has 1 rings (SSSR count). The molecule has 2 N–H and O–H groups in total. The molecule has 6 nitrogen and oxygen atoms in total. The quantitative estimate of drug-likeness (QED) is 0.713. The molecule has 0 spiro atoms. The SMILES string of the molecule is CCCCCNC(=O)c1ccc(OC)c(S(=O)(=O)NC)c1. The van der Waals surface area contributed by atoms with Gasteiger partial charge in [0.1, 0.15) is 10.6 Å². The number of rotatable bonds is 8. The number of carbonyl (C=O) groups excluding carboxylic acids is 1. The van der Waals surface area contributed by atoms with E-state index in [4.69, 9.17) is 4.74 Å². The van der Waals surface area contributed by atoms with Crippen molar-refractivity contribution in [3.05, 3.63) is 23.8 Å². The van der Waals surface area contributed by atoms with Crippen molar-refractivity contribution in [1.82, 2.24) is 10.0 Å². The van der Waals surface area contributed by atoms with Gasteiger partial charge in [-0.25, -0.2) is 13.1 Å². The summed E-state index contributed by atoms with van der Waals surface area (Å²) in [7, 11) is -0.986. The third-order valence-electron chi connectivity index (χ3n) is 3.05. The summed E-state index contributed by atoms with van der Waals surface area (Å²) in [5, 5.41) is 2.77. The first-order valence-electron chi connectivity index (χ1n) is 6.86. The van der Waals surface area contributed by atoms with Crippen molar-refractivity contribution < 1.29 is 17.9 Å². The van der Waals surface area contributed by atoms with Crippen LogP contribution in [0.2, 0.25) is 0 Å². The van der Waals surface area contributed by atoms with Crippen molar-refractivity contribution in [1.29, 1.82) is 0 Å². The van der Waals surface area contributed by atoms with Crippen LogP contribution in [0.4, 0.5) is 0 Å². The molecule has 1 aromatic carbocycles. The highest BCUT2D eigenvalue weighted by Crippen LogP contribution is 2.24. The molecular weight excluding hydrogens is 292 g/mol. The highest BCUT2D eigenvalue weighted by molar-refractivity contribution is 7.89. The number of unbranched alkanes of at least 4 members (excludes halogenated alkanes) is 2. The summed E-state index contributed by atoms with van der Waals surface area (Å²) in [6.45, 7) is 2.66. The number of hydrogen-bond acceptors (Lipinski definition) is 4. The maximum atomic E-state index is 12.0. The molecule has 0 radical (unpaired) electrons. The van der Waals surface area contributed by atoms with Crippen LogP contribution in [-0.4, -0.2) is 35.0 Å². The molecule has 0 heterocycles. The van der Waals surface area contributed by atoms with Gasteiger partial charge in [-0.3, -0.25) is 4.79 Å². The van der Waals surface area contributed by atoms with Gasteiger partial charge in [0.15, 0.2) is 0 Å². The van der Waals surface area contributed by atoms with E-state index < -0.39 is 10.0 Å². The smallest absolute Gasteiger partial charge is 0.251 e. The maximum Gasteiger partial charge on any atom is 0.251 e. The van der Waals surface area contributed by atoms with Gasteiger partial charge in [0.2, 0.25) is 10.0 Å². The number of carbonyl (C=O) groups is 1. The molecule has 0 aliphatic carbocycles. The summed E-state index contributed by atoms with van der Waals surface area (Å²) in [6.07, 6.45) is 3.02. The van der Waals surface area contributed by atoms with Crippen LogP contribution >= 0.6 is 0 Å². The van der Waals surface area contributed by atoms with Crippen molar-refractivity contribution in [2.24, 2.45) is 0 Å². The molecule has 1 amide bonds. The number of sulfonamides is 1. The van der Waals surface area contributed by atoms with Gasteiger partial charge in [0.25, 0.3) is 5.91 Å². The Hall–Kier alpha value is -1.60. The van der Waals surface area contributed by atoms with E-state index in [0.717, 1.165) is 19.3 Å². The van der Waals surface area contributed by atoms with Crippen molar-refractivity contribution in [2.75, 3.05) is 20.7 Å². The third kappa shape index (κ3) is 4.71. The lowest BCUT2D eigenvalue weighted by Crippen LogP contribution is -2.25. The molecule has 1 aromatic rings. The molecule has 0 saturated carbocycles. The Kier molecular flexibility index (Phi) is 6.64. The van der Waals surface area contributed by atoms with Crippen LogP contribution in [0.25, 0.3) is 0 Å². The van der Waals surface area contributed by atoms with Crippen molar-refractivity contribution in [3.63, 3.8) is 0 Å². The minimum atomic E-state index is -3.68. The molecular formula is C14H22N2O4S. The molecule has 0 fully saturated rings. The fourth-order valence-electron chi connectivity index (χ4n) is 1.82. The van der Waals surface area contributed by atoms with E-state index in [1.165, 1.54) is 26.3 Å². The van der Waals surface area contributed by atoms with Crippen LogP contribution < -0.4 is 14.8 Å². The van der Waals surface area contributed by atoms with Crippen molar-refractivity contribution in [3.8, 4) is 5.75 Å². The lowest BCUT2D eigenvalue weighted by molar-refractivity contribution is 0.0952. The topological polar surface area (TPSA) is 84.5 Å². The van der Waals surface area contributed by atoms with E-state index in [2.05, 4.69) is 17.0 Å². The number of hydrogen-bond donors (Lipinski definition) is 2. The zero-order valence-corrected chi connectivity index (χ0v) is 13.4. The van der Waals surface area contributed by atoms with E-state index in [1.54, 1.807) is 6.07 Å². The Morgan fingerprint density at radius 1 is 1.29 bits per heavy atom. The van der Waals surface area contributed by atoms with Crippen molar-refractivity contribution >= 4 is 15.9 Å². The fraction of sp³-hybridized carbons (Fsp3) is 0.500. The number of ether oxygens (including phenoxy) is 1. The van der Waals surface area contributed by atoms with E-state index >= 15 is 0 Å².